The van der Waals surface area contributed by atoms with E-state index in [0.29, 0.717) is 22.2 Å². The van der Waals surface area contributed by atoms with Gasteiger partial charge in [0.05, 0.1) is 24.8 Å². The number of hydrogen-bond donors (Lipinski definition) is 1. The Morgan fingerprint density at radius 3 is 2.33 bits per heavy atom. The van der Waals surface area contributed by atoms with E-state index < -0.39 is 5.97 Å². The normalized spacial score (nSPS) is 21.0. The molecule has 4 rings (SSSR count). The molecule has 2 saturated carbocycles. The lowest BCUT2D eigenvalue weighted by atomic mass is 9.70. The molecule has 45 heavy (non-hydrogen) atoms. The molecule has 2 bridgehead atoms. The number of ether oxygens (including phenoxy) is 4. The largest absolute Gasteiger partial charge is 0.506 e. The van der Waals surface area contributed by atoms with Crippen molar-refractivity contribution in [1.29, 1.82) is 0 Å². The van der Waals surface area contributed by atoms with Gasteiger partial charge in [0.15, 0.2) is 24.2 Å². The number of rotatable bonds is 14. The third-order valence-electron chi connectivity index (χ3n) is 9.54. The van der Waals surface area contributed by atoms with E-state index in [-0.39, 0.29) is 83.4 Å². The van der Waals surface area contributed by atoms with E-state index in [1.165, 1.54) is 6.07 Å². The van der Waals surface area contributed by atoms with Crippen molar-refractivity contribution in [3.05, 3.63) is 63.0 Å². The maximum Gasteiger partial charge on any atom is 0.342 e. The van der Waals surface area contributed by atoms with E-state index in [1.807, 2.05) is 5.94 Å². The molecule has 3 atom stereocenters. The van der Waals surface area contributed by atoms with Gasteiger partial charge in [-0.05, 0) is 68.7 Å². The van der Waals surface area contributed by atoms with E-state index in [9.17, 15) is 19.5 Å². The number of nitrogens with zero attached hydrogens (tertiary/aromatic N) is 1. The minimum absolute atomic E-state index is 0.0192. The van der Waals surface area contributed by atoms with Crippen LogP contribution < -0.4 is 9.64 Å². The van der Waals surface area contributed by atoms with Gasteiger partial charge in [0, 0.05) is 34.3 Å². The fourth-order valence-corrected chi connectivity index (χ4v) is 7.09. The second-order valence-corrected chi connectivity index (χ2v) is 13.0. The summed E-state index contributed by atoms with van der Waals surface area (Å²) in [7, 11) is 0. The SMILES string of the molecule is CCOC(=C=O)COc1cc(N(CC(=C=O)OCC)Cc2cc(Cl)cc(Cl)c2O)ccc1C(=O)OC1CC2CCC1(C)C2(C)C. The molecule has 2 aromatic rings. The molecule has 242 valence electrons. The van der Waals surface area contributed by atoms with Crippen LogP contribution in [-0.2, 0) is 30.3 Å². The van der Waals surface area contributed by atoms with Crippen LogP contribution in [0.5, 0.6) is 11.5 Å². The first-order valence-corrected chi connectivity index (χ1v) is 15.8. The second-order valence-electron chi connectivity index (χ2n) is 12.1. The van der Waals surface area contributed by atoms with Gasteiger partial charge in [-0.15, -0.1) is 0 Å². The molecule has 0 aliphatic heterocycles. The molecule has 1 N–H and O–H groups in total. The number of phenolic OH excluding ortho intramolecular Hbond substituents is 1. The number of fused-ring (bicyclic) bond motifs is 2. The first-order valence-electron chi connectivity index (χ1n) is 15.0. The summed E-state index contributed by atoms with van der Waals surface area (Å²) in [6.07, 6.45) is 2.64. The number of hydrogen-bond acceptors (Lipinski definition) is 9. The Balaban J connectivity index is 1.72. The van der Waals surface area contributed by atoms with Crippen LogP contribution in [-0.4, -0.2) is 55.4 Å². The number of esters is 1. The fourth-order valence-electron chi connectivity index (χ4n) is 6.55. The predicted molar refractivity (Wildman–Crippen MR) is 171 cm³/mol. The molecule has 0 spiro atoms. The lowest BCUT2D eigenvalue weighted by Gasteiger charge is -2.38. The van der Waals surface area contributed by atoms with Crippen LogP contribution in [0.2, 0.25) is 10.0 Å². The van der Waals surface area contributed by atoms with Crippen molar-refractivity contribution in [3.8, 4) is 11.5 Å². The zero-order valence-corrected chi connectivity index (χ0v) is 27.7. The highest BCUT2D eigenvalue weighted by Crippen LogP contribution is 2.66. The molecular weight excluding hydrogens is 621 g/mol. The number of aromatic hydroxyl groups is 1. The summed E-state index contributed by atoms with van der Waals surface area (Å²) in [6, 6.07) is 7.82. The number of phenols is 1. The molecule has 0 amide bonds. The van der Waals surface area contributed by atoms with E-state index in [0.717, 1.165) is 19.3 Å². The summed E-state index contributed by atoms with van der Waals surface area (Å²) < 4.78 is 22.9. The Morgan fingerprint density at radius 1 is 1.04 bits per heavy atom. The van der Waals surface area contributed by atoms with E-state index in [1.54, 1.807) is 49.0 Å². The van der Waals surface area contributed by atoms with Gasteiger partial charge in [0.2, 0.25) is 5.76 Å². The molecule has 11 heteroatoms. The highest BCUT2D eigenvalue weighted by Gasteiger charge is 2.63. The Kier molecular flexibility index (Phi) is 10.8. The molecule has 9 nitrogen and oxygen atoms in total. The highest BCUT2D eigenvalue weighted by atomic mass is 35.5. The first kappa shape index (κ1) is 34.3. The van der Waals surface area contributed by atoms with Crippen LogP contribution in [0.4, 0.5) is 5.69 Å². The van der Waals surface area contributed by atoms with Gasteiger partial charge in [-0.3, -0.25) is 0 Å². The average molecular weight is 661 g/mol. The first-order chi connectivity index (χ1) is 21.4. The van der Waals surface area contributed by atoms with Gasteiger partial charge in [0.1, 0.15) is 23.2 Å². The maximum atomic E-state index is 13.7. The molecular formula is C34H39Cl2NO8. The van der Waals surface area contributed by atoms with Crippen molar-refractivity contribution in [2.24, 2.45) is 16.7 Å². The third kappa shape index (κ3) is 7.13. The molecule has 2 aliphatic carbocycles. The predicted octanol–water partition coefficient (Wildman–Crippen LogP) is 6.96. The highest BCUT2D eigenvalue weighted by molar-refractivity contribution is 6.35. The van der Waals surface area contributed by atoms with E-state index in [4.69, 9.17) is 42.1 Å². The Hall–Kier alpha value is -3.61. The van der Waals surface area contributed by atoms with Crippen LogP contribution in [0.25, 0.3) is 0 Å². The van der Waals surface area contributed by atoms with E-state index >= 15 is 0 Å². The van der Waals surface area contributed by atoms with Gasteiger partial charge in [-0.1, -0.05) is 44.0 Å². The molecule has 0 radical (unpaired) electrons. The van der Waals surface area contributed by atoms with Crippen LogP contribution in [0.1, 0.15) is 69.8 Å². The molecule has 2 fully saturated rings. The minimum atomic E-state index is -0.548. The van der Waals surface area contributed by atoms with Crippen molar-refractivity contribution >= 4 is 46.7 Å². The quantitative estimate of drug-likeness (QED) is 0.131. The molecule has 0 heterocycles. The zero-order valence-electron chi connectivity index (χ0n) is 26.2. The number of carbonyl (C=O) groups is 1. The summed E-state index contributed by atoms with van der Waals surface area (Å²) in [5.41, 5.74) is 0.932. The minimum Gasteiger partial charge on any atom is -0.506 e. The maximum absolute atomic E-state index is 13.7. The molecule has 0 saturated heterocycles. The Labute approximate surface area is 273 Å². The lowest BCUT2D eigenvalue weighted by molar-refractivity contribution is -0.0245. The third-order valence-corrected chi connectivity index (χ3v) is 10.0. The molecule has 2 aromatic carbocycles. The van der Waals surface area contributed by atoms with Crippen molar-refractivity contribution < 1.29 is 38.4 Å². The smallest absolute Gasteiger partial charge is 0.342 e. The summed E-state index contributed by atoms with van der Waals surface area (Å²) in [5.74, 6) is 3.37. The van der Waals surface area contributed by atoms with Gasteiger partial charge < -0.3 is 29.0 Å². The summed E-state index contributed by atoms with van der Waals surface area (Å²) >= 11 is 12.4. The van der Waals surface area contributed by atoms with Gasteiger partial charge in [-0.25, -0.2) is 14.4 Å². The molecule has 2 aliphatic rings. The van der Waals surface area contributed by atoms with Crippen molar-refractivity contribution in [2.75, 3.05) is 31.3 Å². The average Bonchev–Trinajstić information content (AvgIpc) is 3.34. The number of benzene rings is 2. The summed E-state index contributed by atoms with van der Waals surface area (Å²) in [4.78, 5) is 38.6. The van der Waals surface area contributed by atoms with Crippen LogP contribution in [0.15, 0.2) is 41.9 Å². The fraction of sp³-hybridized carbons (Fsp3) is 0.500. The second kappa shape index (κ2) is 14.2. The number of carbonyl (C=O) groups excluding carboxylic acids is 3. The van der Waals surface area contributed by atoms with Crippen molar-refractivity contribution in [1.82, 2.24) is 0 Å². The zero-order chi connectivity index (χ0) is 32.9. The van der Waals surface area contributed by atoms with Gasteiger partial charge in [0.25, 0.3) is 0 Å². The van der Waals surface area contributed by atoms with Crippen molar-refractivity contribution in [2.45, 2.75) is 66.5 Å². The van der Waals surface area contributed by atoms with Crippen LogP contribution >= 0.6 is 23.2 Å². The Morgan fingerprint density at radius 2 is 1.73 bits per heavy atom. The van der Waals surface area contributed by atoms with E-state index in [2.05, 4.69) is 20.8 Å². The molecule has 0 aromatic heterocycles. The summed E-state index contributed by atoms with van der Waals surface area (Å²) in [6.45, 7) is 10.3. The van der Waals surface area contributed by atoms with Gasteiger partial charge >= 0.3 is 5.97 Å². The number of halogens is 2. The monoisotopic (exact) mass is 659 g/mol. The number of anilines is 1. The standard InChI is InChI=1S/C34H39Cl2NO8/c1-6-42-25(18-38)17-37(16-21-12-23(35)14-28(36)31(21)40)24-8-9-27(29(15-24)44-20-26(19-39)43-7-2)32(41)45-30-13-22-10-11-34(30,5)33(22,3)4/h8-9,12,14-15,22,30,40H,6-7,10-11,13,16-17,20H2,1-5H3. The van der Waals surface area contributed by atoms with Gasteiger partial charge in [-0.2, -0.15) is 0 Å². The van der Waals surface area contributed by atoms with Crippen LogP contribution in [0, 0.1) is 16.7 Å². The van der Waals surface area contributed by atoms with Crippen molar-refractivity contribution in [3.63, 3.8) is 0 Å². The van der Waals surface area contributed by atoms with Crippen LogP contribution in [0.3, 0.4) is 0 Å². The Bertz CT molecular complexity index is 1530. The molecule has 3 unspecified atom stereocenters. The topological polar surface area (TPSA) is 112 Å². The lowest BCUT2D eigenvalue weighted by Crippen LogP contribution is -2.38. The summed E-state index contributed by atoms with van der Waals surface area (Å²) in [5, 5.41) is 11.1.